The summed E-state index contributed by atoms with van der Waals surface area (Å²) >= 11 is 0. The molecule has 0 bridgehead atoms. The Balaban J connectivity index is 0.000000288. The van der Waals surface area contributed by atoms with Crippen molar-refractivity contribution in [2.75, 3.05) is 13.1 Å². The fourth-order valence-electron chi connectivity index (χ4n) is 1.86. The Labute approximate surface area is 102 Å². The minimum absolute atomic E-state index is 0.536. The van der Waals surface area contributed by atoms with Crippen molar-refractivity contribution in [3.8, 4) is 0 Å². The van der Waals surface area contributed by atoms with Gasteiger partial charge in [-0.2, -0.15) is 0 Å². The van der Waals surface area contributed by atoms with Crippen LogP contribution in [0, 0.1) is 0 Å². The van der Waals surface area contributed by atoms with Crippen LogP contribution in [0.3, 0.4) is 0 Å². The number of hydrogen-bond acceptors (Lipinski definition) is 2. The van der Waals surface area contributed by atoms with Crippen LogP contribution in [-0.2, 0) is 0 Å². The molecule has 2 nitrogen and oxygen atoms in total. The lowest BCUT2D eigenvalue weighted by Crippen LogP contribution is -2.22. The molecule has 1 saturated carbocycles. The van der Waals surface area contributed by atoms with E-state index < -0.39 is 0 Å². The third kappa shape index (κ3) is 12.0. The Morgan fingerprint density at radius 2 is 1.44 bits per heavy atom. The van der Waals surface area contributed by atoms with Crippen molar-refractivity contribution >= 4 is 0 Å². The molecular weight excluding hydrogens is 196 g/mol. The van der Waals surface area contributed by atoms with Gasteiger partial charge in [-0.3, -0.25) is 0 Å². The lowest BCUT2D eigenvalue weighted by atomic mass is 9.97. The number of nitrogens with two attached hydrogens (primary N) is 1. The molecule has 0 radical (unpaired) electrons. The number of unbranched alkanes of at least 4 members (excludes halogenated alkanes) is 2. The summed E-state index contributed by atoms with van der Waals surface area (Å²) in [6, 6.07) is 0.536. The van der Waals surface area contributed by atoms with Crippen LogP contribution in [-0.4, -0.2) is 19.1 Å². The third-order valence-electron chi connectivity index (χ3n) is 3.06. The molecule has 1 fully saturated rings. The van der Waals surface area contributed by atoms with E-state index in [1.54, 1.807) is 0 Å². The summed E-state index contributed by atoms with van der Waals surface area (Å²) < 4.78 is 0. The summed E-state index contributed by atoms with van der Waals surface area (Å²) in [6.07, 6.45) is 11.9. The SMILES string of the molecule is CCCCNCCCC.NC1CCCCC1. The second-order valence-electron chi connectivity index (χ2n) is 4.86. The first-order chi connectivity index (χ1) is 7.81. The lowest BCUT2D eigenvalue weighted by Gasteiger charge is -2.15. The second-order valence-corrected chi connectivity index (χ2v) is 4.86. The van der Waals surface area contributed by atoms with Crippen LogP contribution in [0.25, 0.3) is 0 Å². The van der Waals surface area contributed by atoms with Crippen LogP contribution in [0.4, 0.5) is 0 Å². The maximum absolute atomic E-state index is 5.63. The minimum Gasteiger partial charge on any atom is -0.328 e. The van der Waals surface area contributed by atoms with Crippen molar-refractivity contribution in [2.45, 2.75) is 77.7 Å². The van der Waals surface area contributed by atoms with Crippen molar-refractivity contribution in [1.29, 1.82) is 0 Å². The molecule has 0 heterocycles. The van der Waals surface area contributed by atoms with E-state index in [0.717, 1.165) is 0 Å². The molecule has 3 N–H and O–H groups in total. The highest BCUT2D eigenvalue weighted by Crippen LogP contribution is 2.14. The second kappa shape index (κ2) is 13.0. The van der Waals surface area contributed by atoms with Crippen molar-refractivity contribution in [1.82, 2.24) is 5.32 Å². The lowest BCUT2D eigenvalue weighted by molar-refractivity contribution is 0.441. The Kier molecular flexibility index (Phi) is 12.9. The fourth-order valence-corrected chi connectivity index (χ4v) is 1.86. The largest absolute Gasteiger partial charge is 0.328 e. The standard InChI is InChI=1S/C8H19N.C6H13N/c1-3-5-7-9-8-6-4-2;7-6-4-2-1-3-5-6/h9H,3-8H2,1-2H3;6H,1-5,7H2. The maximum atomic E-state index is 5.63. The molecule has 0 spiro atoms. The first-order valence-corrected chi connectivity index (χ1v) is 7.27. The predicted molar refractivity (Wildman–Crippen MR) is 73.7 cm³/mol. The Morgan fingerprint density at radius 1 is 0.938 bits per heavy atom. The van der Waals surface area contributed by atoms with E-state index in [1.807, 2.05) is 0 Å². The Hall–Kier alpha value is -0.0800. The zero-order chi connectivity index (χ0) is 12.1. The van der Waals surface area contributed by atoms with Gasteiger partial charge in [-0.1, -0.05) is 46.0 Å². The number of rotatable bonds is 6. The molecule has 16 heavy (non-hydrogen) atoms. The highest BCUT2D eigenvalue weighted by Gasteiger charge is 2.06. The summed E-state index contributed by atoms with van der Waals surface area (Å²) in [5.41, 5.74) is 5.63. The molecule has 2 heteroatoms. The molecule has 0 aromatic heterocycles. The molecule has 0 unspecified atom stereocenters. The summed E-state index contributed by atoms with van der Waals surface area (Å²) in [6.45, 7) is 6.86. The van der Waals surface area contributed by atoms with Gasteiger partial charge in [0.05, 0.1) is 0 Å². The van der Waals surface area contributed by atoms with Crippen LogP contribution in [0.5, 0.6) is 0 Å². The fraction of sp³-hybridized carbons (Fsp3) is 1.00. The highest BCUT2D eigenvalue weighted by atomic mass is 14.8. The first kappa shape index (κ1) is 15.9. The van der Waals surface area contributed by atoms with Crippen molar-refractivity contribution < 1.29 is 0 Å². The Bertz CT molecular complexity index is 114. The quantitative estimate of drug-likeness (QED) is 0.683. The van der Waals surface area contributed by atoms with Crippen molar-refractivity contribution in [2.24, 2.45) is 5.73 Å². The summed E-state index contributed by atoms with van der Waals surface area (Å²) in [7, 11) is 0. The van der Waals surface area contributed by atoms with Gasteiger partial charge in [0.25, 0.3) is 0 Å². The molecule has 1 rings (SSSR count). The van der Waals surface area contributed by atoms with Gasteiger partial charge in [-0.05, 0) is 38.8 Å². The van der Waals surface area contributed by atoms with Crippen LogP contribution < -0.4 is 11.1 Å². The maximum Gasteiger partial charge on any atom is 0.00388 e. The molecular formula is C14H32N2. The minimum atomic E-state index is 0.536. The molecule has 1 aliphatic carbocycles. The molecule has 98 valence electrons. The van der Waals surface area contributed by atoms with Gasteiger partial charge < -0.3 is 11.1 Å². The number of nitrogens with one attached hydrogen (secondary N) is 1. The van der Waals surface area contributed by atoms with Crippen LogP contribution in [0.1, 0.15) is 71.6 Å². The monoisotopic (exact) mass is 228 g/mol. The third-order valence-corrected chi connectivity index (χ3v) is 3.06. The van der Waals surface area contributed by atoms with Gasteiger partial charge in [-0.15, -0.1) is 0 Å². The van der Waals surface area contributed by atoms with Crippen molar-refractivity contribution in [3.63, 3.8) is 0 Å². The average molecular weight is 228 g/mol. The highest BCUT2D eigenvalue weighted by molar-refractivity contribution is 4.66. The summed E-state index contributed by atoms with van der Waals surface area (Å²) in [4.78, 5) is 0. The molecule has 1 aliphatic rings. The Morgan fingerprint density at radius 3 is 1.75 bits per heavy atom. The molecule has 0 aromatic rings. The van der Waals surface area contributed by atoms with E-state index >= 15 is 0 Å². The normalized spacial score (nSPS) is 16.7. The summed E-state index contributed by atoms with van der Waals surface area (Å²) in [5, 5.41) is 3.39. The number of hydrogen-bond donors (Lipinski definition) is 2. The van der Waals surface area contributed by atoms with E-state index in [-0.39, 0.29) is 0 Å². The summed E-state index contributed by atoms with van der Waals surface area (Å²) in [5.74, 6) is 0. The van der Waals surface area contributed by atoms with E-state index in [0.29, 0.717) is 6.04 Å². The van der Waals surface area contributed by atoms with Gasteiger partial charge >= 0.3 is 0 Å². The van der Waals surface area contributed by atoms with Crippen molar-refractivity contribution in [3.05, 3.63) is 0 Å². The van der Waals surface area contributed by atoms with E-state index in [1.165, 1.54) is 70.9 Å². The average Bonchev–Trinajstić information content (AvgIpc) is 2.31. The van der Waals surface area contributed by atoms with E-state index in [9.17, 15) is 0 Å². The zero-order valence-corrected chi connectivity index (χ0v) is 11.4. The van der Waals surface area contributed by atoms with Gasteiger partial charge in [0.2, 0.25) is 0 Å². The van der Waals surface area contributed by atoms with E-state index in [4.69, 9.17) is 5.73 Å². The zero-order valence-electron chi connectivity index (χ0n) is 11.4. The van der Waals surface area contributed by atoms with Crippen LogP contribution >= 0.6 is 0 Å². The van der Waals surface area contributed by atoms with Gasteiger partial charge in [-0.25, -0.2) is 0 Å². The van der Waals surface area contributed by atoms with E-state index in [2.05, 4.69) is 19.2 Å². The van der Waals surface area contributed by atoms with Gasteiger partial charge in [0.15, 0.2) is 0 Å². The van der Waals surface area contributed by atoms with Crippen LogP contribution in [0.15, 0.2) is 0 Å². The molecule has 0 atom stereocenters. The van der Waals surface area contributed by atoms with Gasteiger partial charge in [0, 0.05) is 6.04 Å². The topological polar surface area (TPSA) is 38.0 Å². The molecule has 0 aromatic carbocycles. The van der Waals surface area contributed by atoms with Crippen LogP contribution in [0.2, 0.25) is 0 Å². The molecule has 0 aliphatic heterocycles. The first-order valence-electron chi connectivity index (χ1n) is 7.27. The molecule has 0 saturated heterocycles. The predicted octanol–water partition coefficient (Wildman–Crippen LogP) is 3.45. The van der Waals surface area contributed by atoms with Gasteiger partial charge in [0.1, 0.15) is 0 Å². The molecule has 0 amide bonds. The smallest absolute Gasteiger partial charge is 0.00388 e.